The summed E-state index contributed by atoms with van der Waals surface area (Å²) >= 11 is 0. The second-order valence-corrected chi connectivity index (χ2v) is 4.04. The van der Waals surface area contributed by atoms with Gasteiger partial charge >= 0.3 is 5.97 Å². The van der Waals surface area contributed by atoms with E-state index in [1.165, 1.54) is 13.1 Å². The van der Waals surface area contributed by atoms with E-state index in [2.05, 4.69) is 5.32 Å². The summed E-state index contributed by atoms with van der Waals surface area (Å²) in [6.07, 6.45) is 0.0449. The molecule has 1 aromatic rings. The molecule has 1 aliphatic rings. The highest BCUT2D eigenvalue weighted by Gasteiger charge is 2.36. The Kier molecular flexibility index (Phi) is 3.01. The van der Waals surface area contributed by atoms with E-state index < -0.39 is 12.0 Å². The van der Waals surface area contributed by atoms with Crippen LogP contribution in [0.15, 0.2) is 24.3 Å². The normalized spacial score (nSPS) is 19.2. The zero-order valence-corrected chi connectivity index (χ0v) is 9.71. The Bertz CT molecular complexity index is 527. The Morgan fingerprint density at radius 3 is 2.61 bits per heavy atom. The first-order valence-electron chi connectivity index (χ1n) is 5.40. The van der Waals surface area contributed by atoms with E-state index in [0.717, 1.165) is 4.90 Å². The highest BCUT2D eigenvalue weighted by atomic mass is 16.4. The molecule has 0 spiro atoms. The highest BCUT2D eigenvalue weighted by molar-refractivity contribution is 6.07. The standard InChI is InChI=1S/C12H12N2O4/c1-14-10(15)6-9(11(14)16)13-8-5-3-2-4-7(8)12(17)18/h2-5,9,13H,6H2,1H3,(H,17,18). The molecule has 18 heavy (non-hydrogen) atoms. The Morgan fingerprint density at radius 1 is 1.39 bits per heavy atom. The summed E-state index contributed by atoms with van der Waals surface area (Å²) < 4.78 is 0. The number of nitrogens with one attached hydrogen (secondary N) is 1. The van der Waals surface area contributed by atoms with E-state index in [4.69, 9.17) is 5.11 Å². The topological polar surface area (TPSA) is 86.7 Å². The number of benzene rings is 1. The average molecular weight is 248 g/mol. The first-order valence-corrected chi connectivity index (χ1v) is 5.40. The third kappa shape index (κ3) is 2.04. The fourth-order valence-electron chi connectivity index (χ4n) is 1.85. The summed E-state index contributed by atoms with van der Waals surface area (Å²) in [4.78, 5) is 35.1. The number of carboxylic acids is 1. The number of nitrogens with zero attached hydrogens (tertiary/aromatic N) is 1. The molecule has 1 aromatic carbocycles. The zero-order valence-electron chi connectivity index (χ0n) is 9.71. The van der Waals surface area contributed by atoms with Crippen molar-refractivity contribution >= 4 is 23.5 Å². The number of hydrogen-bond donors (Lipinski definition) is 2. The Hall–Kier alpha value is -2.37. The summed E-state index contributed by atoms with van der Waals surface area (Å²) in [6, 6.07) is 5.58. The summed E-state index contributed by atoms with van der Waals surface area (Å²) in [7, 11) is 1.41. The monoisotopic (exact) mass is 248 g/mol. The molecule has 0 aromatic heterocycles. The summed E-state index contributed by atoms with van der Waals surface area (Å²) in [5.74, 6) is -1.70. The number of imide groups is 1. The van der Waals surface area contributed by atoms with E-state index in [0.29, 0.717) is 5.69 Å². The van der Waals surface area contributed by atoms with Gasteiger partial charge in [-0.3, -0.25) is 14.5 Å². The van der Waals surface area contributed by atoms with Crippen molar-refractivity contribution in [2.75, 3.05) is 12.4 Å². The number of carbonyl (C=O) groups excluding carboxylic acids is 2. The van der Waals surface area contributed by atoms with Gasteiger partial charge in [-0.25, -0.2) is 4.79 Å². The molecule has 1 aliphatic heterocycles. The molecule has 1 fully saturated rings. The molecule has 2 amide bonds. The van der Waals surface area contributed by atoms with Gasteiger partial charge in [-0.2, -0.15) is 0 Å². The maximum Gasteiger partial charge on any atom is 0.337 e. The van der Waals surface area contributed by atoms with Gasteiger partial charge in [-0.15, -0.1) is 0 Å². The van der Waals surface area contributed by atoms with Crippen molar-refractivity contribution in [2.24, 2.45) is 0 Å². The molecule has 1 unspecified atom stereocenters. The third-order valence-corrected chi connectivity index (χ3v) is 2.87. The molecule has 0 aliphatic carbocycles. The molecule has 6 nitrogen and oxygen atoms in total. The van der Waals surface area contributed by atoms with Crippen LogP contribution >= 0.6 is 0 Å². The number of carbonyl (C=O) groups is 3. The van der Waals surface area contributed by atoms with Gasteiger partial charge in [0.2, 0.25) is 5.91 Å². The lowest BCUT2D eigenvalue weighted by Gasteiger charge is -2.14. The van der Waals surface area contributed by atoms with Gasteiger partial charge in [0, 0.05) is 12.7 Å². The lowest BCUT2D eigenvalue weighted by atomic mass is 10.1. The zero-order chi connectivity index (χ0) is 13.3. The number of likely N-dealkylation sites (tertiary alicyclic amines) is 1. The number of anilines is 1. The van der Waals surface area contributed by atoms with Crippen LogP contribution in [0, 0.1) is 0 Å². The average Bonchev–Trinajstić information content (AvgIpc) is 2.57. The Morgan fingerprint density at radius 2 is 2.06 bits per heavy atom. The van der Waals surface area contributed by atoms with Crippen molar-refractivity contribution in [3.63, 3.8) is 0 Å². The van der Waals surface area contributed by atoms with Crippen LogP contribution in [0.4, 0.5) is 5.69 Å². The molecule has 2 N–H and O–H groups in total. The lowest BCUT2D eigenvalue weighted by Crippen LogP contribution is -2.32. The second-order valence-electron chi connectivity index (χ2n) is 4.04. The van der Waals surface area contributed by atoms with Crippen LogP contribution in [0.3, 0.4) is 0 Å². The van der Waals surface area contributed by atoms with E-state index in [1.54, 1.807) is 18.2 Å². The predicted molar refractivity (Wildman–Crippen MR) is 63.2 cm³/mol. The quantitative estimate of drug-likeness (QED) is 0.763. The summed E-state index contributed by atoms with van der Waals surface area (Å²) in [6.45, 7) is 0. The molecule has 0 radical (unpaired) electrons. The van der Waals surface area contributed by atoms with E-state index >= 15 is 0 Å². The SMILES string of the molecule is CN1C(=O)CC(Nc2ccccc2C(=O)O)C1=O. The molecule has 6 heteroatoms. The van der Waals surface area contributed by atoms with Crippen molar-refractivity contribution in [2.45, 2.75) is 12.5 Å². The molecule has 1 saturated heterocycles. The lowest BCUT2D eigenvalue weighted by molar-refractivity contribution is -0.136. The highest BCUT2D eigenvalue weighted by Crippen LogP contribution is 2.20. The van der Waals surface area contributed by atoms with E-state index in [9.17, 15) is 14.4 Å². The number of likely N-dealkylation sites (N-methyl/N-ethyl adjacent to an activating group) is 1. The van der Waals surface area contributed by atoms with Crippen molar-refractivity contribution < 1.29 is 19.5 Å². The molecule has 2 rings (SSSR count). The van der Waals surface area contributed by atoms with Gasteiger partial charge in [0.1, 0.15) is 6.04 Å². The Balaban J connectivity index is 2.23. The summed E-state index contributed by atoms with van der Waals surface area (Å²) in [5.41, 5.74) is 0.416. The van der Waals surface area contributed by atoms with Gasteiger partial charge in [-0.05, 0) is 12.1 Å². The molecule has 0 saturated carbocycles. The largest absolute Gasteiger partial charge is 0.478 e. The smallest absolute Gasteiger partial charge is 0.337 e. The first kappa shape index (κ1) is 12.1. The molecular weight excluding hydrogens is 236 g/mol. The second kappa shape index (κ2) is 4.48. The molecule has 94 valence electrons. The van der Waals surface area contributed by atoms with Gasteiger partial charge in [-0.1, -0.05) is 12.1 Å². The van der Waals surface area contributed by atoms with Crippen molar-refractivity contribution in [1.82, 2.24) is 4.90 Å². The van der Waals surface area contributed by atoms with Crippen LogP contribution in [0.2, 0.25) is 0 Å². The van der Waals surface area contributed by atoms with Crippen molar-refractivity contribution in [3.8, 4) is 0 Å². The third-order valence-electron chi connectivity index (χ3n) is 2.87. The fourth-order valence-corrected chi connectivity index (χ4v) is 1.85. The van der Waals surface area contributed by atoms with Crippen LogP contribution < -0.4 is 5.32 Å². The van der Waals surface area contributed by atoms with Crippen LogP contribution in [0.1, 0.15) is 16.8 Å². The molecular formula is C12H12N2O4. The number of hydrogen-bond acceptors (Lipinski definition) is 4. The van der Waals surface area contributed by atoms with Crippen molar-refractivity contribution in [1.29, 1.82) is 0 Å². The number of rotatable bonds is 3. The maximum absolute atomic E-state index is 11.7. The summed E-state index contributed by atoms with van der Waals surface area (Å²) in [5, 5.41) is 11.8. The van der Waals surface area contributed by atoms with Gasteiger partial charge in [0.15, 0.2) is 0 Å². The molecule has 1 heterocycles. The van der Waals surface area contributed by atoms with Gasteiger partial charge < -0.3 is 10.4 Å². The molecule has 1 atom stereocenters. The number of carboxylic acid groups (broad SMARTS) is 1. The number of aromatic carboxylic acids is 1. The van der Waals surface area contributed by atoms with Gasteiger partial charge in [0.25, 0.3) is 5.91 Å². The van der Waals surface area contributed by atoms with Crippen molar-refractivity contribution in [3.05, 3.63) is 29.8 Å². The first-order chi connectivity index (χ1) is 8.50. The minimum Gasteiger partial charge on any atom is -0.478 e. The van der Waals surface area contributed by atoms with Crippen LogP contribution in [0.25, 0.3) is 0 Å². The maximum atomic E-state index is 11.7. The number of para-hydroxylation sites is 1. The minimum atomic E-state index is -1.08. The predicted octanol–water partition coefficient (Wildman–Crippen LogP) is 0.554. The van der Waals surface area contributed by atoms with E-state index in [1.807, 2.05) is 0 Å². The van der Waals surface area contributed by atoms with Crippen LogP contribution in [0.5, 0.6) is 0 Å². The van der Waals surface area contributed by atoms with Crippen LogP contribution in [-0.2, 0) is 9.59 Å². The number of amides is 2. The van der Waals surface area contributed by atoms with Gasteiger partial charge in [0.05, 0.1) is 12.0 Å². The fraction of sp³-hybridized carbons (Fsp3) is 0.250. The van der Waals surface area contributed by atoms with E-state index in [-0.39, 0.29) is 23.8 Å². The van der Waals surface area contributed by atoms with Crippen LogP contribution in [-0.4, -0.2) is 40.9 Å². The Labute approximate surface area is 103 Å². The minimum absolute atomic E-state index is 0.0449. The molecule has 0 bridgehead atoms.